The number of amides is 1. The first kappa shape index (κ1) is 17.5. The molecule has 0 aliphatic rings. The number of benzene rings is 1. The van der Waals surface area contributed by atoms with Crippen LogP contribution in [0.3, 0.4) is 0 Å². The van der Waals surface area contributed by atoms with Gasteiger partial charge in [0.1, 0.15) is 5.60 Å². The summed E-state index contributed by atoms with van der Waals surface area (Å²) in [6.45, 7) is 10.1. The van der Waals surface area contributed by atoms with Gasteiger partial charge in [0.2, 0.25) is 0 Å². The number of carbonyl (C=O) groups is 1. The van der Waals surface area contributed by atoms with E-state index in [9.17, 15) is 4.79 Å². The summed E-state index contributed by atoms with van der Waals surface area (Å²) in [6, 6.07) is 8.60. The van der Waals surface area contributed by atoms with Crippen molar-refractivity contribution in [2.75, 3.05) is 13.1 Å². The van der Waals surface area contributed by atoms with E-state index in [-0.39, 0.29) is 6.09 Å². The summed E-state index contributed by atoms with van der Waals surface area (Å²) in [4.78, 5) is 11.4. The molecular formula is C17H28N2O2. The number of carbonyl (C=O) groups excluding carboxylic acids is 1. The Labute approximate surface area is 128 Å². The van der Waals surface area contributed by atoms with Crippen LogP contribution in [0, 0.1) is 0 Å². The molecule has 0 atom stereocenters. The summed E-state index contributed by atoms with van der Waals surface area (Å²) in [6.07, 6.45) is 1.60. The highest BCUT2D eigenvalue weighted by Gasteiger charge is 2.15. The molecule has 0 spiro atoms. The Morgan fingerprint density at radius 1 is 1.19 bits per heavy atom. The highest BCUT2D eigenvalue weighted by atomic mass is 16.6. The number of ether oxygens (including phenoxy) is 1. The molecule has 0 saturated heterocycles. The van der Waals surface area contributed by atoms with E-state index in [0.29, 0.717) is 6.54 Å². The van der Waals surface area contributed by atoms with E-state index in [1.807, 2.05) is 20.8 Å². The lowest BCUT2D eigenvalue weighted by Crippen LogP contribution is -2.33. The Kier molecular flexibility index (Phi) is 7.23. The van der Waals surface area contributed by atoms with E-state index in [0.717, 1.165) is 25.9 Å². The second-order valence-corrected chi connectivity index (χ2v) is 6.13. The second-order valence-electron chi connectivity index (χ2n) is 6.13. The first-order valence-electron chi connectivity index (χ1n) is 7.66. The molecule has 0 radical (unpaired) electrons. The third kappa shape index (κ3) is 8.35. The van der Waals surface area contributed by atoms with Crippen LogP contribution in [-0.2, 0) is 17.7 Å². The summed E-state index contributed by atoms with van der Waals surface area (Å²) in [5.74, 6) is 0. The summed E-state index contributed by atoms with van der Waals surface area (Å²) >= 11 is 0. The predicted molar refractivity (Wildman–Crippen MR) is 86.4 cm³/mol. The van der Waals surface area contributed by atoms with Crippen molar-refractivity contribution in [2.45, 2.75) is 52.7 Å². The molecule has 1 aromatic carbocycles. The van der Waals surface area contributed by atoms with Crippen LogP contribution in [0.2, 0.25) is 0 Å². The smallest absolute Gasteiger partial charge is 0.407 e. The van der Waals surface area contributed by atoms with E-state index < -0.39 is 5.60 Å². The Hall–Kier alpha value is -1.55. The highest BCUT2D eigenvalue weighted by molar-refractivity contribution is 5.67. The molecule has 21 heavy (non-hydrogen) atoms. The van der Waals surface area contributed by atoms with Gasteiger partial charge >= 0.3 is 6.09 Å². The fourth-order valence-corrected chi connectivity index (χ4v) is 1.91. The number of nitrogens with one attached hydrogen (secondary N) is 2. The lowest BCUT2D eigenvalue weighted by molar-refractivity contribution is 0.0527. The maximum Gasteiger partial charge on any atom is 0.407 e. The van der Waals surface area contributed by atoms with Crippen LogP contribution in [0.25, 0.3) is 0 Å². The molecule has 1 rings (SSSR count). The molecule has 0 heterocycles. The van der Waals surface area contributed by atoms with Gasteiger partial charge in [0.05, 0.1) is 0 Å². The number of alkyl carbamates (subject to hydrolysis) is 1. The van der Waals surface area contributed by atoms with Crippen LogP contribution in [-0.4, -0.2) is 24.8 Å². The maximum atomic E-state index is 11.4. The van der Waals surface area contributed by atoms with Crippen molar-refractivity contribution in [3.63, 3.8) is 0 Å². The van der Waals surface area contributed by atoms with Gasteiger partial charge < -0.3 is 15.4 Å². The molecule has 118 valence electrons. The van der Waals surface area contributed by atoms with E-state index in [1.165, 1.54) is 11.1 Å². The summed E-state index contributed by atoms with van der Waals surface area (Å²) < 4.78 is 5.17. The van der Waals surface area contributed by atoms with Crippen LogP contribution in [0.15, 0.2) is 24.3 Å². The molecule has 0 fully saturated rings. The summed E-state index contributed by atoms with van der Waals surface area (Å²) in [5.41, 5.74) is 2.22. The first-order chi connectivity index (χ1) is 9.90. The minimum absolute atomic E-state index is 0.349. The molecule has 0 aliphatic heterocycles. The number of rotatable bonds is 7. The molecule has 0 aliphatic carbocycles. The van der Waals surface area contributed by atoms with E-state index in [1.54, 1.807) is 0 Å². The molecule has 2 N–H and O–H groups in total. The Morgan fingerprint density at radius 2 is 1.90 bits per heavy atom. The average molecular weight is 292 g/mol. The maximum absolute atomic E-state index is 11.4. The third-order valence-electron chi connectivity index (χ3n) is 2.93. The van der Waals surface area contributed by atoms with E-state index in [4.69, 9.17) is 4.74 Å². The molecule has 4 nitrogen and oxygen atoms in total. The van der Waals surface area contributed by atoms with Crippen molar-refractivity contribution in [3.05, 3.63) is 35.4 Å². The van der Waals surface area contributed by atoms with Gasteiger partial charge in [-0.25, -0.2) is 4.79 Å². The average Bonchev–Trinajstić information content (AvgIpc) is 2.41. The Bertz CT molecular complexity index is 439. The Morgan fingerprint density at radius 3 is 2.57 bits per heavy atom. The SMILES string of the molecule is CCc1cccc(CNCCCNC(=O)OC(C)(C)C)c1. The van der Waals surface area contributed by atoms with Gasteiger partial charge in [-0.1, -0.05) is 31.2 Å². The minimum atomic E-state index is -0.438. The van der Waals surface area contributed by atoms with Gasteiger partial charge in [0, 0.05) is 13.1 Å². The first-order valence-corrected chi connectivity index (χ1v) is 7.66. The van der Waals surface area contributed by atoms with Crippen LogP contribution in [0.5, 0.6) is 0 Å². The molecule has 0 aromatic heterocycles. The molecular weight excluding hydrogens is 264 g/mol. The van der Waals surface area contributed by atoms with Gasteiger partial charge in [-0.2, -0.15) is 0 Å². The molecule has 1 aromatic rings. The normalized spacial score (nSPS) is 11.2. The fourth-order valence-electron chi connectivity index (χ4n) is 1.91. The standard InChI is InChI=1S/C17H28N2O2/c1-5-14-8-6-9-15(12-14)13-18-10-7-11-19-16(20)21-17(2,3)4/h6,8-9,12,18H,5,7,10-11,13H2,1-4H3,(H,19,20). The fraction of sp³-hybridized carbons (Fsp3) is 0.588. The van der Waals surface area contributed by atoms with Gasteiger partial charge in [0.15, 0.2) is 0 Å². The van der Waals surface area contributed by atoms with Crippen LogP contribution < -0.4 is 10.6 Å². The lowest BCUT2D eigenvalue weighted by atomic mass is 10.1. The zero-order valence-corrected chi connectivity index (χ0v) is 13.7. The van der Waals surface area contributed by atoms with Gasteiger partial charge in [-0.05, 0) is 51.3 Å². The summed E-state index contributed by atoms with van der Waals surface area (Å²) in [5, 5.41) is 6.14. The van der Waals surface area contributed by atoms with Crippen molar-refractivity contribution >= 4 is 6.09 Å². The minimum Gasteiger partial charge on any atom is -0.444 e. The van der Waals surface area contributed by atoms with E-state index >= 15 is 0 Å². The van der Waals surface area contributed by atoms with Crippen molar-refractivity contribution in [1.82, 2.24) is 10.6 Å². The monoisotopic (exact) mass is 292 g/mol. The summed E-state index contributed by atoms with van der Waals surface area (Å²) in [7, 11) is 0. The number of hydrogen-bond donors (Lipinski definition) is 2. The van der Waals surface area contributed by atoms with Crippen LogP contribution in [0.1, 0.15) is 45.2 Å². The lowest BCUT2D eigenvalue weighted by Gasteiger charge is -2.19. The van der Waals surface area contributed by atoms with Crippen molar-refractivity contribution in [1.29, 1.82) is 0 Å². The van der Waals surface area contributed by atoms with Crippen molar-refractivity contribution in [2.24, 2.45) is 0 Å². The van der Waals surface area contributed by atoms with Crippen LogP contribution in [0.4, 0.5) is 4.79 Å². The topological polar surface area (TPSA) is 50.4 Å². The second kappa shape index (κ2) is 8.67. The van der Waals surface area contributed by atoms with Gasteiger partial charge in [0.25, 0.3) is 0 Å². The van der Waals surface area contributed by atoms with Gasteiger partial charge in [-0.15, -0.1) is 0 Å². The number of aryl methyl sites for hydroxylation is 1. The molecule has 0 saturated carbocycles. The van der Waals surface area contributed by atoms with Crippen LogP contribution >= 0.6 is 0 Å². The zero-order valence-electron chi connectivity index (χ0n) is 13.7. The molecule has 4 heteroatoms. The van der Waals surface area contributed by atoms with Gasteiger partial charge in [-0.3, -0.25) is 0 Å². The highest BCUT2D eigenvalue weighted by Crippen LogP contribution is 2.06. The third-order valence-corrected chi connectivity index (χ3v) is 2.93. The Balaban J connectivity index is 2.10. The molecule has 1 amide bonds. The van der Waals surface area contributed by atoms with Crippen molar-refractivity contribution in [3.8, 4) is 0 Å². The largest absolute Gasteiger partial charge is 0.444 e. The predicted octanol–water partition coefficient (Wildman–Crippen LogP) is 3.25. The molecule has 0 bridgehead atoms. The molecule has 0 unspecified atom stereocenters. The zero-order chi connectivity index (χ0) is 15.7. The van der Waals surface area contributed by atoms with E-state index in [2.05, 4.69) is 41.8 Å². The number of hydrogen-bond acceptors (Lipinski definition) is 3. The quantitative estimate of drug-likeness (QED) is 0.758. The van der Waals surface area contributed by atoms with Crippen molar-refractivity contribution < 1.29 is 9.53 Å².